The second kappa shape index (κ2) is 9.76. The molecule has 1 saturated heterocycles. The van der Waals surface area contributed by atoms with Crippen LogP contribution in [0.4, 0.5) is 5.69 Å². The molecule has 0 unspecified atom stereocenters. The van der Waals surface area contributed by atoms with E-state index in [0.29, 0.717) is 30.9 Å². The maximum atomic E-state index is 12.7. The molecule has 1 aliphatic heterocycles. The minimum atomic E-state index is -2.84. The fourth-order valence-electron chi connectivity index (χ4n) is 4.24. The van der Waals surface area contributed by atoms with Gasteiger partial charge in [0.25, 0.3) is 5.91 Å². The molecule has 0 spiro atoms. The van der Waals surface area contributed by atoms with Crippen molar-refractivity contribution in [2.24, 2.45) is 5.92 Å². The van der Waals surface area contributed by atoms with Gasteiger partial charge in [-0.3, -0.25) is 4.79 Å². The Hall–Kier alpha value is -2.90. The third kappa shape index (κ3) is 5.96. The molecule has 3 aromatic rings. The van der Waals surface area contributed by atoms with Gasteiger partial charge in [0.15, 0.2) is 0 Å². The highest BCUT2D eigenvalue weighted by Crippen LogP contribution is 2.29. The number of carbonyl (C=O) groups excluding carboxylic acids is 1. The lowest BCUT2D eigenvalue weighted by atomic mass is 10.1. The van der Waals surface area contributed by atoms with Gasteiger partial charge in [0.05, 0.1) is 18.1 Å². The maximum absolute atomic E-state index is 12.7. The normalized spacial score (nSPS) is 18.0. The second-order valence-corrected chi connectivity index (χ2v) is 11.7. The highest BCUT2D eigenvalue weighted by molar-refractivity contribution is 7.91. The number of amides is 1. The SMILES string of the molecule is O=C(Nc1ccc2cc(CNC3CCS(=O)(=O)CC3)ccc2c1)c1ccc(OCC2CC2)cc1. The van der Waals surface area contributed by atoms with Crippen LogP contribution in [0.5, 0.6) is 5.75 Å². The summed E-state index contributed by atoms with van der Waals surface area (Å²) in [6.07, 6.45) is 3.85. The fourth-order valence-corrected chi connectivity index (χ4v) is 5.74. The van der Waals surface area contributed by atoms with E-state index < -0.39 is 9.84 Å². The fraction of sp³-hybridized carbons (Fsp3) is 0.370. The van der Waals surface area contributed by atoms with Crippen molar-refractivity contribution in [2.45, 2.75) is 38.3 Å². The molecule has 2 aliphatic rings. The Labute approximate surface area is 200 Å². The molecule has 7 heteroatoms. The largest absolute Gasteiger partial charge is 0.493 e. The van der Waals surface area contributed by atoms with Crippen LogP contribution in [0.1, 0.15) is 41.6 Å². The summed E-state index contributed by atoms with van der Waals surface area (Å²) >= 11 is 0. The van der Waals surface area contributed by atoms with E-state index in [2.05, 4.69) is 28.8 Å². The van der Waals surface area contributed by atoms with Crippen LogP contribution in [0, 0.1) is 5.92 Å². The third-order valence-corrected chi connectivity index (χ3v) is 8.33. The van der Waals surface area contributed by atoms with E-state index in [0.717, 1.165) is 34.4 Å². The Morgan fingerprint density at radius 1 is 0.882 bits per heavy atom. The van der Waals surface area contributed by atoms with Gasteiger partial charge in [-0.25, -0.2) is 8.42 Å². The van der Waals surface area contributed by atoms with Crippen LogP contribution in [-0.4, -0.2) is 38.5 Å². The van der Waals surface area contributed by atoms with E-state index in [-0.39, 0.29) is 23.5 Å². The van der Waals surface area contributed by atoms with Crippen LogP contribution in [0.25, 0.3) is 10.8 Å². The van der Waals surface area contributed by atoms with Crippen molar-refractivity contribution < 1.29 is 17.9 Å². The summed E-state index contributed by atoms with van der Waals surface area (Å²) in [5.41, 5.74) is 2.50. The minimum Gasteiger partial charge on any atom is -0.493 e. The molecule has 0 bridgehead atoms. The predicted octanol–water partition coefficient (Wildman–Crippen LogP) is 4.55. The van der Waals surface area contributed by atoms with Crippen LogP contribution in [0.3, 0.4) is 0 Å². The van der Waals surface area contributed by atoms with Gasteiger partial charge in [0.1, 0.15) is 15.6 Å². The van der Waals surface area contributed by atoms with Gasteiger partial charge in [-0.05, 0) is 90.4 Å². The van der Waals surface area contributed by atoms with Crippen molar-refractivity contribution >= 4 is 32.2 Å². The van der Waals surface area contributed by atoms with Crippen molar-refractivity contribution in [1.29, 1.82) is 0 Å². The number of ether oxygens (including phenoxy) is 1. The van der Waals surface area contributed by atoms with Gasteiger partial charge in [-0.2, -0.15) is 0 Å². The standard InChI is InChI=1S/C27H30N2O4S/c30-27(21-6-9-26(10-7-21)33-18-19-1-2-19)29-25-8-5-22-15-20(3-4-23(22)16-25)17-28-24-11-13-34(31,32)14-12-24/h3-10,15-16,19,24,28H,1-2,11-14,17-18H2,(H,29,30). The van der Waals surface area contributed by atoms with Crippen molar-refractivity contribution in [2.75, 3.05) is 23.4 Å². The lowest BCUT2D eigenvalue weighted by Gasteiger charge is -2.23. The van der Waals surface area contributed by atoms with Gasteiger partial charge < -0.3 is 15.4 Å². The minimum absolute atomic E-state index is 0.150. The second-order valence-electron chi connectivity index (χ2n) is 9.44. The van der Waals surface area contributed by atoms with Crippen molar-refractivity contribution in [3.8, 4) is 5.75 Å². The first-order chi connectivity index (χ1) is 16.4. The van der Waals surface area contributed by atoms with Gasteiger partial charge in [-0.1, -0.05) is 18.2 Å². The number of nitrogens with one attached hydrogen (secondary N) is 2. The lowest BCUT2D eigenvalue weighted by Crippen LogP contribution is -2.37. The predicted molar refractivity (Wildman–Crippen MR) is 135 cm³/mol. The van der Waals surface area contributed by atoms with Crippen LogP contribution in [0.2, 0.25) is 0 Å². The van der Waals surface area contributed by atoms with E-state index in [9.17, 15) is 13.2 Å². The smallest absolute Gasteiger partial charge is 0.255 e. The molecule has 1 heterocycles. The summed E-state index contributed by atoms with van der Waals surface area (Å²) in [7, 11) is -2.84. The lowest BCUT2D eigenvalue weighted by molar-refractivity contribution is 0.102. The number of sulfone groups is 1. The number of benzene rings is 3. The van der Waals surface area contributed by atoms with E-state index in [1.165, 1.54) is 12.8 Å². The molecular formula is C27H30N2O4S. The molecule has 0 aromatic heterocycles. The molecule has 1 aliphatic carbocycles. The van der Waals surface area contributed by atoms with E-state index in [1.54, 1.807) is 12.1 Å². The van der Waals surface area contributed by atoms with Crippen LogP contribution in [0.15, 0.2) is 60.7 Å². The van der Waals surface area contributed by atoms with Gasteiger partial charge in [0.2, 0.25) is 0 Å². The zero-order chi connectivity index (χ0) is 23.5. The molecule has 0 radical (unpaired) electrons. The Morgan fingerprint density at radius 2 is 1.59 bits per heavy atom. The first-order valence-electron chi connectivity index (χ1n) is 11.9. The van der Waals surface area contributed by atoms with Gasteiger partial charge in [0, 0.05) is 23.8 Å². The van der Waals surface area contributed by atoms with E-state index in [1.807, 2.05) is 30.3 Å². The highest BCUT2D eigenvalue weighted by atomic mass is 32.2. The maximum Gasteiger partial charge on any atom is 0.255 e. The van der Waals surface area contributed by atoms with Gasteiger partial charge >= 0.3 is 0 Å². The van der Waals surface area contributed by atoms with Gasteiger partial charge in [-0.15, -0.1) is 0 Å². The zero-order valence-electron chi connectivity index (χ0n) is 19.1. The van der Waals surface area contributed by atoms with Crippen LogP contribution in [-0.2, 0) is 16.4 Å². The number of hydrogen-bond acceptors (Lipinski definition) is 5. The number of anilines is 1. The molecule has 2 fully saturated rings. The molecule has 3 aromatic carbocycles. The molecule has 34 heavy (non-hydrogen) atoms. The number of hydrogen-bond donors (Lipinski definition) is 2. The Bertz CT molecular complexity index is 1270. The summed E-state index contributed by atoms with van der Waals surface area (Å²) in [5.74, 6) is 1.89. The topological polar surface area (TPSA) is 84.5 Å². The molecule has 0 atom stereocenters. The highest BCUT2D eigenvalue weighted by Gasteiger charge is 2.23. The average Bonchev–Trinajstić information content (AvgIpc) is 3.67. The summed E-state index contributed by atoms with van der Waals surface area (Å²) in [4.78, 5) is 12.7. The average molecular weight is 479 g/mol. The summed E-state index contributed by atoms with van der Waals surface area (Å²) < 4.78 is 28.9. The number of fused-ring (bicyclic) bond motifs is 1. The first kappa shape index (κ1) is 22.9. The molecule has 1 amide bonds. The Kier molecular flexibility index (Phi) is 6.57. The van der Waals surface area contributed by atoms with Crippen molar-refractivity contribution in [3.63, 3.8) is 0 Å². The molecule has 178 valence electrons. The molecule has 1 saturated carbocycles. The van der Waals surface area contributed by atoms with Crippen LogP contribution >= 0.6 is 0 Å². The molecular weight excluding hydrogens is 448 g/mol. The quantitative estimate of drug-likeness (QED) is 0.496. The van der Waals surface area contributed by atoms with Crippen LogP contribution < -0.4 is 15.4 Å². The number of carbonyl (C=O) groups is 1. The van der Waals surface area contributed by atoms with Crippen molar-refractivity contribution in [1.82, 2.24) is 5.32 Å². The molecule has 2 N–H and O–H groups in total. The number of rotatable bonds is 8. The summed E-state index contributed by atoms with van der Waals surface area (Å²) in [6, 6.07) is 19.7. The van der Waals surface area contributed by atoms with E-state index in [4.69, 9.17) is 4.74 Å². The molecule has 5 rings (SSSR count). The monoisotopic (exact) mass is 478 g/mol. The summed E-state index contributed by atoms with van der Waals surface area (Å²) in [5, 5.41) is 8.61. The Balaban J connectivity index is 1.17. The zero-order valence-corrected chi connectivity index (χ0v) is 19.9. The summed E-state index contributed by atoms with van der Waals surface area (Å²) in [6.45, 7) is 1.46. The Morgan fingerprint density at radius 3 is 2.32 bits per heavy atom. The first-order valence-corrected chi connectivity index (χ1v) is 13.8. The third-order valence-electron chi connectivity index (χ3n) is 6.61. The molecule has 6 nitrogen and oxygen atoms in total. The van der Waals surface area contributed by atoms with E-state index >= 15 is 0 Å². The van der Waals surface area contributed by atoms with Crippen molar-refractivity contribution in [3.05, 3.63) is 71.8 Å².